The van der Waals surface area contributed by atoms with Gasteiger partial charge < -0.3 is 15.2 Å². The Morgan fingerprint density at radius 1 is 1.46 bits per heavy atom. The molecule has 0 aliphatic carbocycles. The number of alkyl carbamates (subject to hydrolysis) is 1. The predicted octanol–water partition coefficient (Wildman–Crippen LogP) is 3.32. The van der Waals surface area contributed by atoms with Crippen molar-refractivity contribution in [2.45, 2.75) is 37.3 Å². The van der Waals surface area contributed by atoms with Crippen molar-refractivity contribution >= 4 is 41.1 Å². The van der Waals surface area contributed by atoms with Crippen molar-refractivity contribution in [1.82, 2.24) is 5.32 Å². The average Bonchev–Trinajstić information content (AvgIpc) is 2.40. The molecule has 0 spiro atoms. The van der Waals surface area contributed by atoms with E-state index in [1.54, 1.807) is 20.8 Å². The van der Waals surface area contributed by atoms with Crippen molar-refractivity contribution in [2.24, 2.45) is 0 Å². The molecule has 0 bridgehead atoms. The first-order valence-electron chi connectivity index (χ1n) is 6.78. The van der Waals surface area contributed by atoms with E-state index in [0.29, 0.717) is 0 Å². The predicted molar refractivity (Wildman–Crippen MR) is 89.6 cm³/mol. The molecule has 0 saturated heterocycles. The molecule has 8 nitrogen and oxygen atoms in total. The van der Waals surface area contributed by atoms with Gasteiger partial charge in [-0.3, -0.25) is 10.1 Å². The number of benzene rings is 1. The Hall–Kier alpha value is -2.00. The van der Waals surface area contributed by atoms with Gasteiger partial charge in [0.05, 0.1) is 9.82 Å². The number of carbonyl (C=O) groups excluding carboxylic acids is 1. The maximum Gasteiger partial charge on any atom is 0.408 e. The monoisotopic (exact) mass is 376 g/mol. The fourth-order valence-corrected chi connectivity index (χ4v) is 2.86. The Morgan fingerprint density at radius 3 is 2.58 bits per heavy atom. The first kappa shape index (κ1) is 20.0. The van der Waals surface area contributed by atoms with Crippen molar-refractivity contribution < 1.29 is 24.4 Å². The topological polar surface area (TPSA) is 119 Å². The second-order valence-electron chi connectivity index (χ2n) is 5.72. The van der Waals surface area contributed by atoms with E-state index in [9.17, 15) is 24.8 Å². The van der Waals surface area contributed by atoms with Crippen LogP contribution in [0, 0.1) is 10.1 Å². The van der Waals surface area contributed by atoms with Crippen molar-refractivity contribution in [3.8, 4) is 0 Å². The molecule has 1 atom stereocenters. The number of hydrogen-bond acceptors (Lipinski definition) is 6. The van der Waals surface area contributed by atoms with E-state index in [-0.39, 0.29) is 21.4 Å². The molecule has 2 N–H and O–H groups in total. The number of thioether (sulfide) groups is 1. The van der Waals surface area contributed by atoms with Gasteiger partial charge in [-0.2, -0.15) is 0 Å². The number of nitrogens with one attached hydrogen (secondary N) is 1. The summed E-state index contributed by atoms with van der Waals surface area (Å²) in [5, 5.41) is 22.7. The van der Waals surface area contributed by atoms with Gasteiger partial charge in [0.25, 0.3) is 5.69 Å². The number of aliphatic carboxylic acids is 1. The van der Waals surface area contributed by atoms with Crippen LogP contribution in [0.3, 0.4) is 0 Å². The Balaban J connectivity index is 2.81. The van der Waals surface area contributed by atoms with Crippen LogP contribution in [0.4, 0.5) is 10.5 Å². The molecule has 24 heavy (non-hydrogen) atoms. The number of halogens is 1. The summed E-state index contributed by atoms with van der Waals surface area (Å²) in [4.78, 5) is 33.6. The molecular weight excluding hydrogens is 360 g/mol. The van der Waals surface area contributed by atoms with E-state index < -0.39 is 28.6 Å². The molecule has 0 saturated carbocycles. The zero-order valence-corrected chi connectivity index (χ0v) is 14.8. The molecule has 0 fully saturated rings. The van der Waals surface area contributed by atoms with Crippen molar-refractivity contribution in [2.75, 3.05) is 5.75 Å². The van der Waals surface area contributed by atoms with Crippen LogP contribution in [-0.2, 0) is 9.53 Å². The molecule has 1 amide bonds. The highest BCUT2D eigenvalue weighted by Gasteiger charge is 2.25. The Kier molecular flexibility index (Phi) is 6.85. The number of nitro benzene ring substituents is 1. The van der Waals surface area contributed by atoms with E-state index in [1.807, 2.05) is 0 Å². The molecule has 1 aromatic rings. The highest BCUT2D eigenvalue weighted by molar-refractivity contribution is 7.99. The van der Waals surface area contributed by atoms with Crippen molar-refractivity contribution in [3.63, 3.8) is 0 Å². The van der Waals surface area contributed by atoms with Crippen LogP contribution >= 0.6 is 23.4 Å². The lowest BCUT2D eigenvalue weighted by atomic mass is 10.2. The van der Waals surface area contributed by atoms with Crippen LogP contribution in [0.5, 0.6) is 0 Å². The third-order valence-corrected chi connectivity index (χ3v) is 3.89. The van der Waals surface area contributed by atoms with Crippen molar-refractivity contribution in [1.29, 1.82) is 0 Å². The zero-order valence-electron chi connectivity index (χ0n) is 13.2. The second-order valence-corrected chi connectivity index (χ2v) is 7.22. The van der Waals surface area contributed by atoms with E-state index in [1.165, 1.54) is 18.2 Å². The summed E-state index contributed by atoms with van der Waals surface area (Å²) in [5.74, 6) is -1.41. The summed E-state index contributed by atoms with van der Waals surface area (Å²) in [6, 6.07) is 2.71. The number of hydrogen-bond donors (Lipinski definition) is 2. The molecule has 1 rings (SSSR count). The fourth-order valence-electron chi connectivity index (χ4n) is 1.55. The van der Waals surface area contributed by atoms with Gasteiger partial charge >= 0.3 is 12.1 Å². The Bertz CT molecular complexity index is 647. The number of amides is 1. The molecule has 1 aromatic carbocycles. The van der Waals surface area contributed by atoms with Gasteiger partial charge in [0, 0.05) is 16.8 Å². The van der Waals surface area contributed by atoms with Gasteiger partial charge in [-0.05, 0) is 32.9 Å². The van der Waals surface area contributed by atoms with Crippen LogP contribution in [0.1, 0.15) is 20.8 Å². The highest BCUT2D eigenvalue weighted by atomic mass is 35.5. The summed E-state index contributed by atoms with van der Waals surface area (Å²) >= 11 is 6.72. The minimum absolute atomic E-state index is 0.129. The Labute approximate surface area is 147 Å². The molecule has 132 valence electrons. The molecular formula is C14H17ClN2O6S. The lowest BCUT2D eigenvalue weighted by molar-refractivity contribution is -0.387. The number of nitrogens with zero attached hydrogens (tertiary/aromatic N) is 1. The summed E-state index contributed by atoms with van der Waals surface area (Å²) in [5.41, 5.74) is -0.961. The van der Waals surface area contributed by atoms with Crippen molar-refractivity contribution in [3.05, 3.63) is 33.3 Å². The smallest absolute Gasteiger partial charge is 0.408 e. The van der Waals surface area contributed by atoms with Crippen LogP contribution in [0.15, 0.2) is 23.1 Å². The normalized spacial score (nSPS) is 12.3. The molecule has 10 heteroatoms. The van der Waals surface area contributed by atoms with Crippen LogP contribution in [0.2, 0.25) is 5.02 Å². The van der Waals surface area contributed by atoms with E-state index in [0.717, 1.165) is 11.8 Å². The number of ether oxygens (including phenoxy) is 1. The third-order valence-electron chi connectivity index (χ3n) is 2.51. The molecule has 0 unspecified atom stereocenters. The summed E-state index contributed by atoms with van der Waals surface area (Å²) < 4.78 is 5.00. The lowest BCUT2D eigenvalue weighted by Gasteiger charge is -2.21. The molecule has 0 aromatic heterocycles. The number of nitro groups is 1. The first-order valence-corrected chi connectivity index (χ1v) is 8.15. The summed E-state index contributed by atoms with van der Waals surface area (Å²) in [6.45, 7) is 4.94. The Morgan fingerprint density at radius 2 is 2.08 bits per heavy atom. The molecule has 0 heterocycles. The highest BCUT2D eigenvalue weighted by Crippen LogP contribution is 2.32. The summed E-state index contributed by atoms with van der Waals surface area (Å²) in [7, 11) is 0. The van der Waals surface area contributed by atoms with E-state index in [2.05, 4.69) is 5.32 Å². The maximum absolute atomic E-state index is 11.7. The number of carboxylic acid groups (broad SMARTS) is 1. The van der Waals surface area contributed by atoms with Crippen LogP contribution in [0.25, 0.3) is 0 Å². The second kappa shape index (κ2) is 8.20. The van der Waals surface area contributed by atoms with Gasteiger partial charge in [-0.15, -0.1) is 11.8 Å². The standard InChI is InChI=1S/C14H17ClN2O6S/c1-14(2,3)23-13(20)16-9(12(18)19)7-24-11-6-8(15)4-5-10(11)17(21)22/h4-6,9H,7H2,1-3H3,(H,16,20)(H,18,19)/t9-/m0/s1. The van der Waals surface area contributed by atoms with Gasteiger partial charge in [-0.25, -0.2) is 9.59 Å². The third kappa shape index (κ3) is 6.63. The minimum Gasteiger partial charge on any atom is -0.480 e. The van der Waals surface area contributed by atoms with Gasteiger partial charge in [0.15, 0.2) is 0 Å². The average molecular weight is 377 g/mol. The molecule has 0 radical (unpaired) electrons. The van der Waals surface area contributed by atoms with E-state index in [4.69, 9.17) is 16.3 Å². The quantitative estimate of drug-likeness (QED) is 0.444. The summed E-state index contributed by atoms with van der Waals surface area (Å²) in [6.07, 6.45) is -0.879. The first-order chi connectivity index (χ1) is 11.0. The van der Waals surface area contributed by atoms with Gasteiger partial charge in [-0.1, -0.05) is 11.6 Å². The van der Waals surface area contributed by atoms with E-state index >= 15 is 0 Å². The zero-order chi connectivity index (χ0) is 18.5. The maximum atomic E-state index is 11.7. The largest absolute Gasteiger partial charge is 0.480 e. The van der Waals surface area contributed by atoms with Crippen LogP contribution in [-0.4, -0.2) is 39.5 Å². The van der Waals surface area contributed by atoms with Gasteiger partial charge in [0.2, 0.25) is 0 Å². The minimum atomic E-state index is -1.28. The number of carbonyl (C=O) groups is 2. The number of carboxylic acids is 1. The molecule has 0 aliphatic rings. The fraction of sp³-hybridized carbons (Fsp3) is 0.429. The lowest BCUT2D eigenvalue weighted by Crippen LogP contribution is -2.44. The van der Waals surface area contributed by atoms with Gasteiger partial charge in [0.1, 0.15) is 11.6 Å². The molecule has 0 aliphatic heterocycles. The SMILES string of the molecule is CC(C)(C)OC(=O)N[C@@H](CSc1cc(Cl)ccc1[N+](=O)[O-])C(=O)O. The van der Waals surface area contributed by atoms with Crippen LogP contribution < -0.4 is 5.32 Å². The number of rotatable bonds is 6.